The van der Waals surface area contributed by atoms with E-state index in [2.05, 4.69) is 10.3 Å². The molecule has 21 heavy (non-hydrogen) atoms. The number of carbonyl (C=O) groups is 2. The normalized spacial score (nSPS) is 12.2. The van der Waals surface area contributed by atoms with Crippen LogP contribution in [0.2, 0.25) is 0 Å². The van der Waals surface area contributed by atoms with Gasteiger partial charge in [0.1, 0.15) is 0 Å². The first-order valence-corrected chi connectivity index (χ1v) is 8.15. The Morgan fingerprint density at radius 3 is 2.10 bits per heavy atom. The van der Waals surface area contributed by atoms with Crippen molar-refractivity contribution in [3.05, 3.63) is 15.6 Å². The summed E-state index contributed by atoms with van der Waals surface area (Å²) in [5.74, 6) is -0.139. The quantitative estimate of drug-likeness (QED) is 0.926. The van der Waals surface area contributed by atoms with E-state index in [4.69, 9.17) is 0 Å². The Kier molecular flexibility index (Phi) is 7.79. The lowest BCUT2D eigenvalue weighted by atomic mass is 9.84. The highest BCUT2D eigenvalue weighted by Gasteiger charge is 2.30. The predicted molar refractivity (Wildman–Crippen MR) is 88.7 cm³/mol. The minimum atomic E-state index is -0.450. The maximum absolute atomic E-state index is 12.1. The fourth-order valence-corrected chi connectivity index (χ4v) is 2.96. The lowest BCUT2D eigenvalue weighted by Gasteiger charge is -2.29. The van der Waals surface area contributed by atoms with Gasteiger partial charge in [-0.2, -0.15) is 0 Å². The van der Waals surface area contributed by atoms with Crippen molar-refractivity contribution < 1.29 is 9.59 Å². The van der Waals surface area contributed by atoms with Gasteiger partial charge in [-0.1, -0.05) is 34.6 Å². The van der Waals surface area contributed by atoms with Crippen molar-refractivity contribution in [2.24, 2.45) is 5.41 Å². The largest absolute Gasteiger partial charge is 0.345 e. The number of hydrogen-bond acceptors (Lipinski definition) is 4. The third-order valence-electron chi connectivity index (χ3n) is 2.90. The van der Waals surface area contributed by atoms with Crippen LogP contribution >= 0.6 is 11.3 Å². The van der Waals surface area contributed by atoms with Crippen molar-refractivity contribution in [2.75, 3.05) is 0 Å². The summed E-state index contributed by atoms with van der Waals surface area (Å²) in [5.41, 5.74) is 0.618. The van der Waals surface area contributed by atoms with Gasteiger partial charge in [0, 0.05) is 4.88 Å². The Bertz CT molecular complexity index is 487. The molecule has 1 amide bonds. The topological polar surface area (TPSA) is 59.1 Å². The van der Waals surface area contributed by atoms with Crippen molar-refractivity contribution in [2.45, 2.75) is 67.9 Å². The molecule has 1 unspecified atom stereocenters. The molecule has 4 nitrogen and oxygen atoms in total. The number of carbonyl (C=O) groups excluding carboxylic acids is 2. The summed E-state index contributed by atoms with van der Waals surface area (Å²) >= 11 is 1.53. The molecular formula is C16H28N2O2S. The van der Waals surface area contributed by atoms with Gasteiger partial charge in [0.25, 0.3) is 0 Å². The van der Waals surface area contributed by atoms with Crippen LogP contribution in [0.5, 0.6) is 0 Å². The minimum absolute atomic E-state index is 0.0157. The van der Waals surface area contributed by atoms with Crippen LogP contribution in [-0.4, -0.2) is 22.7 Å². The van der Waals surface area contributed by atoms with Crippen molar-refractivity contribution in [1.82, 2.24) is 10.3 Å². The van der Waals surface area contributed by atoms with Crippen LogP contribution in [-0.2, 0) is 16.0 Å². The fraction of sp³-hybridized carbons (Fsp3) is 0.688. The molecule has 0 saturated carbocycles. The number of rotatable bonds is 4. The highest BCUT2D eigenvalue weighted by Crippen LogP contribution is 2.21. The molecule has 0 saturated heterocycles. The first kappa shape index (κ1) is 19.8. The molecule has 1 aromatic heterocycles. The van der Waals surface area contributed by atoms with E-state index in [9.17, 15) is 9.59 Å². The molecule has 5 heteroatoms. The van der Waals surface area contributed by atoms with E-state index < -0.39 is 6.04 Å². The second-order valence-corrected chi connectivity index (χ2v) is 7.18. The maximum Gasteiger partial charge on any atom is 0.225 e. The molecule has 1 rings (SSSR count). The number of aryl methyl sites for hydroxylation is 2. The average Bonchev–Trinajstić information content (AvgIpc) is 2.65. The number of hydrogen-bond donors (Lipinski definition) is 1. The molecule has 0 fully saturated rings. The third-order valence-corrected chi connectivity index (χ3v) is 3.97. The van der Waals surface area contributed by atoms with Crippen LogP contribution in [0.4, 0.5) is 0 Å². The van der Waals surface area contributed by atoms with Gasteiger partial charge in [0.2, 0.25) is 5.91 Å². The van der Waals surface area contributed by atoms with E-state index in [0.29, 0.717) is 0 Å². The van der Waals surface area contributed by atoms with Gasteiger partial charge in [-0.3, -0.25) is 9.59 Å². The lowest BCUT2D eigenvalue weighted by molar-refractivity contribution is -0.128. The van der Waals surface area contributed by atoms with E-state index in [0.717, 1.165) is 15.6 Å². The Morgan fingerprint density at radius 1 is 1.24 bits per heavy atom. The molecule has 0 spiro atoms. The molecule has 1 N–H and O–H groups in total. The number of nitrogens with zero attached hydrogens (tertiary/aromatic N) is 1. The minimum Gasteiger partial charge on any atom is -0.345 e. The lowest BCUT2D eigenvalue weighted by Crippen LogP contribution is -2.48. The summed E-state index contributed by atoms with van der Waals surface area (Å²) in [6.07, 6.45) is 0.289. The SMILES string of the molecule is CC.CC(=O)C(NC(=O)Cc1sc(C)nc1C)C(C)(C)C. The van der Waals surface area contributed by atoms with Crippen LogP contribution in [0.25, 0.3) is 0 Å². The highest BCUT2D eigenvalue weighted by molar-refractivity contribution is 7.11. The van der Waals surface area contributed by atoms with Gasteiger partial charge in [0.15, 0.2) is 5.78 Å². The number of thiazole rings is 1. The Hall–Kier alpha value is -1.23. The molecule has 1 heterocycles. The van der Waals surface area contributed by atoms with Crippen molar-refractivity contribution in [1.29, 1.82) is 0 Å². The van der Waals surface area contributed by atoms with Crippen LogP contribution in [0.1, 0.15) is 57.1 Å². The number of Topliss-reactive ketones (excluding diaryl/α,β-unsaturated/α-hetero) is 1. The standard InChI is InChI=1S/C14H22N2O2S.C2H6/c1-8-11(19-10(3)15-8)7-12(18)16-13(9(2)17)14(4,5)6;1-2/h13H,7H2,1-6H3,(H,16,18);1-2H3. The average molecular weight is 312 g/mol. The van der Waals surface area contributed by atoms with Gasteiger partial charge >= 0.3 is 0 Å². The first-order valence-electron chi connectivity index (χ1n) is 7.34. The van der Waals surface area contributed by atoms with Crippen molar-refractivity contribution in [3.63, 3.8) is 0 Å². The van der Waals surface area contributed by atoms with Crippen LogP contribution < -0.4 is 5.32 Å². The van der Waals surface area contributed by atoms with E-state index in [-0.39, 0.29) is 23.5 Å². The zero-order chi connectivity index (χ0) is 16.8. The second-order valence-electron chi connectivity index (χ2n) is 5.90. The molecule has 120 valence electrons. The number of aromatic nitrogens is 1. The molecule has 0 aliphatic carbocycles. The van der Waals surface area contributed by atoms with Gasteiger partial charge in [0.05, 0.1) is 23.2 Å². The Morgan fingerprint density at radius 2 is 1.76 bits per heavy atom. The monoisotopic (exact) mass is 312 g/mol. The molecule has 0 radical (unpaired) electrons. The van der Waals surface area contributed by atoms with Crippen LogP contribution in [0, 0.1) is 19.3 Å². The maximum atomic E-state index is 12.1. The molecule has 0 aliphatic heterocycles. The molecule has 0 aliphatic rings. The van der Waals surface area contributed by atoms with Crippen molar-refractivity contribution in [3.8, 4) is 0 Å². The van der Waals surface area contributed by atoms with E-state index in [1.807, 2.05) is 48.5 Å². The summed E-state index contributed by atoms with van der Waals surface area (Å²) in [6, 6.07) is -0.450. The number of nitrogens with one attached hydrogen (secondary N) is 1. The summed E-state index contributed by atoms with van der Waals surface area (Å²) in [5, 5.41) is 3.79. The smallest absolute Gasteiger partial charge is 0.225 e. The van der Waals surface area contributed by atoms with Crippen molar-refractivity contribution >= 4 is 23.0 Å². The van der Waals surface area contributed by atoms with Gasteiger partial charge in [-0.05, 0) is 26.2 Å². The number of ketones is 1. The zero-order valence-corrected chi connectivity index (χ0v) is 15.3. The van der Waals surface area contributed by atoms with Gasteiger partial charge in [-0.15, -0.1) is 11.3 Å². The summed E-state index contributed by atoms with van der Waals surface area (Å²) < 4.78 is 0. The Labute approximate surface area is 132 Å². The molecule has 1 atom stereocenters. The summed E-state index contributed by atoms with van der Waals surface area (Å²) in [4.78, 5) is 28.9. The van der Waals surface area contributed by atoms with Gasteiger partial charge in [-0.25, -0.2) is 4.98 Å². The molecular weight excluding hydrogens is 284 g/mol. The van der Waals surface area contributed by atoms with E-state index in [1.54, 1.807) is 0 Å². The second kappa shape index (κ2) is 8.27. The van der Waals surface area contributed by atoms with E-state index in [1.165, 1.54) is 18.3 Å². The molecule has 0 bridgehead atoms. The summed E-state index contributed by atoms with van der Waals surface area (Å²) in [6.45, 7) is 15.2. The third kappa shape index (κ3) is 6.38. The first-order chi connectivity index (χ1) is 9.61. The van der Waals surface area contributed by atoms with Gasteiger partial charge < -0.3 is 5.32 Å². The highest BCUT2D eigenvalue weighted by atomic mass is 32.1. The van der Waals surface area contributed by atoms with Crippen LogP contribution in [0.3, 0.4) is 0 Å². The Balaban J connectivity index is 0.00000191. The summed E-state index contributed by atoms with van der Waals surface area (Å²) in [7, 11) is 0. The predicted octanol–water partition coefficient (Wildman–Crippen LogP) is 3.45. The van der Waals surface area contributed by atoms with Crippen LogP contribution in [0.15, 0.2) is 0 Å². The fourth-order valence-electron chi connectivity index (χ4n) is 2.02. The molecule has 1 aromatic rings. The number of amides is 1. The zero-order valence-electron chi connectivity index (χ0n) is 14.5. The van der Waals surface area contributed by atoms with E-state index >= 15 is 0 Å². The molecule has 0 aromatic carbocycles.